The summed E-state index contributed by atoms with van der Waals surface area (Å²) >= 11 is 0. The van der Waals surface area contributed by atoms with Crippen LogP contribution in [0.15, 0.2) is 41.9 Å². The molecule has 2 aliphatic rings. The van der Waals surface area contributed by atoms with Crippen molar-refractivity contribution in [3.05, 3.63) is 47.4 Å². The zero-order valence-electron chi connectivity index (χ0n) is 15.9. The molecule has 0 aliphatic carbocycles. The molecule has 134 valence electrons. The van der Waals surface area contributed by atoms with Gasteiger partial charge in [-0.1, -0.05) is 69.7 Å². The maximum atomic E-state index is 6.27. The Morgan fingerprint density at radius 1 is 1.00 bits per heavy atom. The SMILES string of the molecule is CC1(C)COC(=C2COC(C#C[Si](C)(C)C)(c3ccccc3)C2)OC1. The zero-order chi connectivity index (χ0) is 18.1. The molecule has 3 nitrogen and oxygen atoms in total. The van der Waals surface area contributed by atoms with Crippen LogP contribution >= 0.6 is 0 Å². The second-order valence-electron chi connectivity index (χ2n) is 8.79. The van der Waals surface area contributed by atoms with Crippen LogP contribution in [0.1, 0.15) is 25.8 Å². The smallest absolute Gasteiger partial charge is 0.280 e. The first-order valence-corrected chi connectivity index (χ1v) is 12.4. The van der Waals surface area contributed by atoms with Crippen LogP contribution in [0.4, 0.5) is 0 Å². The lowest BCUT2D eigenvalue weighted by molar-refractivity contribution is -0.0878. The van der Waals surface area contributed by atoms with E-state index in [1.807, 2.05) is 18.2 Å². The van der Waals surface area contributed by atoms with E-state index >= 15 is 0 Å². The van der Waals surface area contributed by atoms with Gasteiger partial charge in [0.15, 0.2) is 5.60 Å². The summed E-state index contributed by atoms with van der Waals surface area (Å²) in [4.78, 5) is 0. The topological polar surface area (TPSA) is 27.7 Å². The Morgan fingerprint density at radius 3 is 2.24 bits per heavy atom. The fourth-order valence-corrected chi connectivity index (χ4v) is 3.46. The molecule has 0 aromatic heterocycles. The fraction of sp³-hybridized carbons (Fsp3) is 0.524. The molecule has 4 heteroatoms. The van der Waals surface area contributed by atoms with E-state index in [9.17, 15) is 0 Å². The van der Waals surface area contributed by atoms with E-state index in [2.05, 4.69) is 57.1 Å². The molecule has 0 radical (unpaired) electrons. The molecule has 1 unspecified atom stereocenters. The standard InChI is InChI=1S/C21H28O3Si/c1-20(2)15-22-19(23-16-20)17-13-21(24-14-17,11-12-25(3,4)5)18-9-7-6-8-10-18/h6-10H,13-16H2,1-5H3. The predicted molar refractivity (Wildman–Crippen MR) is 103 cm³/mol. The molecule has 2 heterocycles. The average Bonchev–Trinajstić information content (AvgIpc) is 2.99. The van der Waals surface area contributed by atoms with Crippen LogP contribution in [-0.4, -0.2) is 27.9 Å². The maximum Gasteiger partial charge on any atom is 0.280 e. The highest BCUT2D eigenvalue weighted by Gasteiger charge is 2.41. The van der Waals surface area contributed by atoms with Gasteiger partial charge in [0.25, 0.3) is 5.95 Å². The minimum atomic E-state index is -1.50. The van der Waals surface area contributed by atoms with E-state index in [0.29, 0.717) is 32.2 Å². The third kappa shape index (κ3) is 4.29. The van der Waals surface area contributed by atoms with Gasteiger partial charge in [-0.25, -0.2) is 0 Å². The highest BCUT2D eigenvalue weighted by molar-refractivity contribution is 6.83. The molecular weight excluding hydrogens is 328 g/mol. The second-order valence-corrected chi connectivity index (χ2v) is 13.5. The van der Waals surface area contributed by atoms with Crippen molar-refractivity contribution in [3.63, 3.8) is 0 Å². The average molecular weight is 357 g/mol. The van der Waals surface area contributed by atoms with E-state index in [1.165, 1.54) is 0 Å². The molecular formula is C21H28O3Si. The van der Waals surface area contributed by atoms with Gasteiger partial charge in [-0.2, -0.15) is 0 Å². The Balaban J connectivity index is 1.92. The van der Waals surface area contributed by atoms with Crippen molar-refractivity contribution in [2.45, 2.75) is 45.5 Å². The molecule has 0 saturated carbocycles. The van der Waals surface area contributed by atoms with Crippen LogP contribution in [0.25, 0.3) is 0 Å². The molecule has 0 N–H and O–H groups in total. The van der Waals surface area contributed by atoms with Crippen LogP contribution in [-0.2, 0) is 19.8 Å². The van der Waals surface area contributed by atoms with Gasteiger partial charge in [-0.15, -0.1) is 5.54 Å². The van der Waals surface area contributed by atoms with Crippen molar-refractivity contribution in [1.82, 2.24) is 0 Å². The summed E-state index contributed by atoms with van der Waals surface area (Å²) in [6, 6.07) is 10.3. The minimum absolute atomic E-state index is 0.0533. The molecule has 2 saturated heterocycles. The van der Waals surface area contributed by atoms with Gasteiger partial charge in [0.05, 0.1) is 19.8 Å². The summed E-state index contributed by atoms with van der Waals surface area (Å²) in [6.07, 6.45) is 0.699. The first kappa shape index (κ1) is 18.1. The molecule has 3 rings (SSSR count). The second kappa shape index (κ2) is 6.55. The monoisotopic (exact) mass is 356 g/mol. The van der Waals surface area contributed by atoms with Crippen LogP contribution in [0.2, 0.25) is 19.6 Å². The van der Waals surface area contributed by atoms with Gasteiger partial charge >= 0.3 is 0 Å². The van der Waals surface area contributed by atoms with E-state index < -0.39 is 13.7 Å². The first-order chi connectivity index (χ1) is 11.7. The summed E-state index contributed by atoms with van der Waals surface area (Å²) in [5.74, 6) is 4.13. The number of hydrogen-bond donors (Lipinski definition) is 0. The summed E-state index contributed by atoms with van der Waals surface area (Å²) < 4.78 is 18.0. The van der Waals surface area contributed by atoms with E-state index in [1.54, 1.807) is 0 Å². The normalized spacial score (nSPS) is 25.6. The molecule has 25 heavy (non-hydrogen) atoms. The molecule has 2 aliphatic heterocycles. The summed E-state index contributed by atoms with van der Waals surface area (Å²) in [7, 11) is -1.50. The van der Waals surface area contributed by atoms with Crippen molar-refractivity contribution >= 4 is 8.07 Å². The Labute approximate surface area is 152 Å². The van der Waals surface area contributed by atoms with Crippen LogP contribution in [0.5, 0.6) is 0 Å². The summed E-state index contributed by atoms with van der Waals surface area (Å²) in [5.41, 5.74) is 5.14. The van der Waals surface area contributed by atoms with Crippen molar-refractivity contribution in [2.75, 3.05) is 19.8 Å². The Kier molecular flexibility index (Phi) is 4.74. The molecule has 2 fully saturated rings. The Morgan fingerprint density at radius 2 is 1.64 bits per heavy atom. The fourth-order valence-electron chi connectivity index (χ4n) is 2.89. The number of benzene rings is 1. The highest BCUT2D eigenvalue weighted by atomic mass is 28.3. The van der Waals surface area contributed by atoms with E-state index in [0.717, 1.165) is 11.1 Å². The third-order valence-corrected chi connectivity index (χ3v) is 5.19. The van der Waals surface area contributed by atoms with Crippen molar-refractivity contribution in [1.29, 1.82) is 0 Å². The third-order valence-electron chi connectivity index (χ3n) is 4.31. The van der Waals surface area contributed by atoms with Crippen LogP contribution in [0, 0.1) is 16.9 Å². The molecule has 1 aromatic rings. The zero-order valence-corrected chi connectivity index (χ0v) is 16.9. The highest BCUT2D eigenvalue weighted by Crippen LogP contribution is 2.41. The van der Waals surface area contributed by atoms with Crippen molar-refractivity contribution in [3.8, 4) is 11.5 Å². The lowest BCUT2D eigenvalue weighted by Crippen LogP contribution is -2.31. The van der Waals surface area contributed by atoms with Gasteiger partial charge < -0.3 is 14.2 Å². The summed E-state index contributed by atoms with van der Waals surface area (Å²) in [5, 5.41) is 0. The molecule has 0 spiro atoms. The lowest BCUT2D eigenvalue weighted by Gasteiger charge is -2.32. The van der Waals surface area contributed by atoms with Crippen molar-refractivity contribution < 1.29 is 14.2 Å². The first-order valence-electron chi connectivity index (χ1n) is 8.91. The number of rotatable bonds is 1. The Bertz CT molecular complexity index is 707. The minimum Gasteiger partial charge on any atom is -0.465 e. The van der Waals surface area contributed by atoms with Gasteiger partial charge in [0.2, 0.25) is 0 Å². The largest absolute Gasteiger partial charge is 0.465 e. The van der Waals surface area contributed by atoms with Crippen LogP contribution in [0.3, 0.4) is 0 Å². The number of ether oxygens (including phenoxy) is 3. The summed E-state index contributed by atoms with van der Waals surface area (Å²) in [6.45, 7) is 12.9. The lowest BCUT2D eigenvalue weighted by atomic mass is 9.90. The molecule has 0 bridgehead atoms. The van der Waals surface area contributed by atoms with E-state index in [-0.39, 0.29) is 5.41 Å². The van der Waals surface area contributed by atoms with Gasteiger partial charge in [-0.3, -0.25) is 0 Å². The molecule has 0 amide bonds. The van der Waals surface area contributed by atoms with E-state index in [4.69, 9.17) is 14.2 Å². The van der Waals surface area contributed by atoms with Gasteiger partial charge in [-0.05, 0) is 5.56 Å². The van der Waals surface area contributed by atoms with Crippen LogP contribution < -0.4 is 0 Å². The molecule has 1 atom stereocenters. The predicted octanol–water partition coefficient (Wildman–Crippen LogP) is 4.47. The quantitative estimate of drug-likeness (QED) is 0.549. The maximum absolute atomic E-state index is 6.27. The van der Waals surface area contributed by atoms with Crippen molar-refractivity contribution in [2.24, 2.45) is 5.41 Å². The molecule has 1 aromatic carbocycles. The van der Waals surface area contributed by atoms with Gasteiger partial charge in [0, 0.05) is 17.4 Å². The number of hydrogen-bond acceptors (Lipinski definition) is 3. The van der Waals surface area contributed by atoms with Gasteiger partial charge in [0.1, 0.15) is 8.07 Å². The Hall–Kier alpha value is -1.70.